The van der Waals surface area contributed by atoms with Crippen LogP contribution in [0.5, 0.6) is 11.5 Å². The molecular weight excluding hydrogens is 344 g/mol. The van der Waals surface area contributed by atoms with Crippen LogP contribution in [-0.4, -0.2) is 54.3 Å². The number of ether oxygens (including phenoxy) is 3. The van der Waals surface area contributed by atoms with Crippen LogP contribution in [0.15, 0.2) is 48.8 Å². The number of hydrogen-bond donors (Lipinski definition) is 0. The molecule has 1 spiro atoms. The Balaban J connectivity index is 1.28. The highest BCUT2D eigenvalue weighted by atomic mass is 16.5. The van der Waals surface area contributed by atoms with Crippen molar-refractivity contribution in [3.8, 4) is 11.5 Å². The lowest BCUT2D eigenvalue weighted by Crippen LogP contribution is -2.67. The second-order valence-electron chi connectivity index (χ2n) is 7.20. The molecule has 1 unspecified atom stereocenters. The fraction of sp³-hybridized carbons (Fsp3) is 0.429. The molecule has 1 atom stereocenters. The zero-order chi connectivity index (χ0) is 18.7. The van der Waals surface area contributed by atoms with Crippen molar-refractivity contribution in [3.63, 3.8) is 0 Å². The largest absolute Gasteiger partial charge is 0.492 e. The minimum absolute atomic E-state index is 0.00805. The van der Waals surface area contributed by atoms with Crippen molar-refractivity contribution in [2.45, 2.75) is 18.9 Å². The fourth-order valence-corrected chi connectivity index (χ4v) is 3.72. The number of likely N-dealkylation sites (tertiary alicyclic amines) is 1. The molecule has 6 nitrogen and oxygen atoms in total. The van der Waals surface area contributed by atoms with E-state index in [1.54, 1.807) is 17.3 Å². The Hall–Kier alpha value is -2.60. The molecule has 2 aliphatic heterocycles. The Morgan fingerprint density at radius 3 is 2.89 bits per heavy atom. The molecule has 6 heteroatoms. The van der Waals surface area contributed by atoms with Crippen molar-refractivity contribution in [1.29, 1.82) is 0 Å². The Morgan fingerprint density at radius 2 is 2.11 bits per heavy atom. The van der Waals surface area contributed by atoms with Gasteiger partial charge in [-0.2, -0.15) is 0 Å². The molecule has 27 heavy (non-hydrogen) atoms. The molecule has 2 fully saturated rings. The summed E-state index contributed by atoms with van der Waals surface area (Å²) in [4.78, 5) is 18.3. The molecule has 1 aromatic carbocycles. The van der Waals surface area contributed by atoms with Crippen molar-refractivity contribution in [2.75, 3.05) is 32.9 Å². The van der Waals surface area contributed by atoms with Crippen LogP contribution in [0.4, 0.5) is 0 Å². The van der Waals surface area contributed by atoms with E-state index in [9.17, 15) is 4.79 Å². The number of aryl methyl sites for hydroxylation is 1. The lowest BCUT2D eigenvalue weighted by Gasteiger charge is -2.49. The lowest BCUT2D eigenvalue weighted by atomic mass is 9.81. The summed E-state index contributed by atoms with van der Waals surface area (Å²) in [6.45, 7) is 4.51. The molecule has 0 radical (unpaired) electrons. The summed E-state index contributed by atoms with van der Waals surface area (Å²) in [6.07, 6.45) is 4.38. The molecular formula is C21H24N2O4. The molecule has 1 amide bonds. The first-order chi connectivity index (χ1) is 13.2. The molecule has 0 N–H and O–H groups in total. The first-order valence-corrected chi connectivity index (χ1v) is 9.29. The fourth-order valence-electron chi connectivity index (χ4n) is 3.72. The van der Waals surface area contributed by atoms with Crippen molar-refractivity contribution < 1.29 is 19.0 Å². The van der Waals surface area contributed by atoms with E-state index in [-0.39, 0.29) is 24.0 Å². The molecule has 1 aromatic heterocycles. The molecule has 4 rings (SSSR count). The second-order valence-corrected chi connectivity index (χ2v) is 7.20. The van der Waals surface area contributed by atoms with E-state index in [1.807, 2.05) is 43.3 Å². The number of rotatable bonds is 6. The minimum Gasteiger partial charge on any atom is -0.492 e. The van der Waals surface area contributed by atoms with E-state index in [0.717, 1.165) is 23.5 Å². The van der Waals surface area contributed by atoms with Crippen LogP contribution < -0.4 is 9.47 Å². The van der Waals surface area contributed by atoms with E-state index >= 15 is 0 Å². The SMILES string of the molecule is Cc1ccccc1OCC(=O)N1CC2(C1)OCCC2COc1cccnc1. The highest BCUT2D eigenvalue weighted by molar-refractivity contribution is 5.79. The molecule has 2 aromatic rings. The van der Waals surface area contributed by atoms with Gasteiger partial charge in [-0.1, -0.05) is 18.2 Å². The third-order valence-electron chi connectivity index (χ3n) is 5.40. The van der Waals surface area contributed by atoms with Gasteiger partial charge in [-0.25, -0.2) is 0 Å². The standard InChI is InChI=1S/C21H24N2O4/c1-16-5-2-3-7-19(16)26-13-20(24)23-14-21(15-23)17(8-10-27-21)12-25-18-6-4-9-22-11-18/h2-7,9,11,17H,8,10,12-15H2,1H3. The van der Waals surface area contributed by atoms with Crippen molar-refractivity contribution in [2.24, 2.45) is 5.92 Å². The Morgan fingerprint density at radius 1 is 1.26 bits per heavy atom. The van der Waals surface area contributed by atoms with E-state index in [2.05, 4.69) is 4.98 Å². The van der Waals surface area contributed by atoms with Crippen LogP contribution in [-0.2, 0) is 9.53 Å². The molecule has 3 heterocycles. The summed E-state index contributed by atoms with van der Waals surface area (Å²) in [5, 5.41) is 0. The predicted molar refractivity (Wildman–Crippen MR) is 99.8 cm³/mol. The van der Waals surface area contributed by atoms with Crippen molar-refractivity contribution in [1.82, 2.24) is 9.88 Å². The number of para-hydroxylation sites is 1. The number of hydrogen-bond acceptors (Lipinski definition) is 5. The van der Waals surface area contributed by atoms with Crippen LogP contribution in [0.3, 0.4) is 0 Å². The van der Waals surface area contributed by atoms with Crippen LogP contribution >= 0.6 is 0 Å². The Labute approximate surface area is 159 Å². The van der Waals surface area contributed by atoms with Gasteiger partial charge in [0.25, 0.3) is 5.91 Å². The Bertz CT molecular complexity index is 790. The van der Waals surface area contributed by atoms with E-state index in [0.29, 0.717) is 26.3 Å². The maximum Gasteiger partial charge on any atom is 0.260 e. The average Bonchev–Trinajstić information content (AvgIpc) is 3.09. The van der Waals surface area contributed by atoms with Gasteiger partial charge in [0.1, 0.15) is 17.1 Å². The summed E-state index contributed by atoms with van der Waals surface area (Å²) in [5.41, 5.74) is 0.748. The third kappa shape index (κ3) is 3.76. The minimum atomic E-state index is -0.277. The summed E-state index contributed by atoms with van der Waals surface area (Å²) in [5.74, 6) is 1.78. The van der Waals surface area contributed by atoms with Gasteiger partial charge < -0.3 is 19.1 Å². The van der Waals surface area contributed by atoms with Crippen LogP contribution in [0.2, 0.25) is 0 Å². The first kappa shape index (κ1) is 17.8. The highest BCUT2D eigenvalue weighted by Crippen LogP contribution is 2.40. The number of carbonyl (C=O) groups is 1. The number of nitrogens with zero attached hydrogens (tertiary/aromatic N) is 2. The first-order valence-electron chi connectivity index (χ1n) is 9.29. The van der Waals surface area contributed by atoms with Crippen molar-refractivity contribution >= 4 is 5.91 Å². The van der Waals surface area contributed by atoms with Gasteiger partial charge in [-0.3, -0.25) is 9.78 Å². The number of benzene rings is 1. The maximum atomic E-state index is 12.4. The molecule has 0 saturated carbocycles. The topological polar surface area (TPSA) is 60.9 Å². The average molecular weight is 368 g/mol. The van der Waals surface area contributed by atoms with E-state index in [1.165, 1.54) is 0 Å². The number of amides is 1. The smallest absolute Gasteiger partial charge is 0.260 e. The van der Waals surface area contributed by atoms with Crippen LogP contribution in [0.1, 0.15) is 12.0 Å². The van der Waals surface area contributed by atoms with Gasteiger partial charge in [0.05, 0.1) is 25.9 Å². The number of pyridine rings is 1. The molecule has 0 aliphatic carbocycles. The van der Waals surface area contributed by atoms with E-state index < -0.39 is 0 Å². The second kappa shape index (κ2) is 7.56. The quantitative estimate of drug-likeness (QED) is 0.784. The normalized spacial score (nSPS) is 20.3. The molecule has 0 bridgehead atoms. The summed E-state index contributed by atoms with van der Waals surface area (Å²) in [6, 6.07) is 11.5. The van der Waals surface area contributed by atoms with Gasteiger partial charge >= 0.3 is 0 Å². The highest BCUT2D eigenvalue weighted by Gasteiger charge is 2.54. The number of carbonyl (C=O) groups excluding carboxylic acids is 1. The molecule has 2 aliphatic rings. The van der Waals surface area contributed by atoms with Gasteiger partial charge in [-0.15, -0.1) is 0 Å². The monoisotopic (exact) mass is 368 g/mol. The summed E-state index contributed by atoms with van der Waals surface area (Å²) < 4.78 is 17.5. The van der Waals surface area contributed by atoms with Crippen molar-refractivity contribution in [3.05, 3.63) is 54.4 Å². The van der Waals surface area contributed by atoms with Crippen LogP contribution in [0, 0.1) is 12.8 Å². The van der Waals surface area contributed by atoms with Crippen LogP contribution in [0.25, 0.3) is 0 Å². The van der Waals surface area contributed by atoms with Gasteiger partial charge in [0.2, 0.25) is 0 Å². The molecule has 2 saturated heterocycles. The van der Waals surface area contributed by atoms with Gasteiger partial charge in [0, 0.05) is 18.7 Å². The summed E-state index contributed by atoms with van der Waals surface area (Å²) in [7, 11) is 0. The molecule has 142 valence electrons. The van der Waals surface area contributed by atoms with Gasteiger partial charge in [0.15, 0.2) is 6.61 Å². The van der Waals surface area contributed by atoms with Gasteiger partial charge in [-0.05, 0) is 37.1 Å². The third-order valence-corrected chi connectivity index (χ3v) is 5.40. The number of aromatic nitrogens is 1. The summed E-state index contributed by atoms with van der Waals surface area (Å²) >= 11 is 0. The predicted octanol–water partition coefficient (Wildman–Crippen LogP) is 2.47. The maximum absolute atomic E-state index is 12.4. The van der Waals surface area contributed by atoms with E-state index in [4.69, 9.17) is 14.2 Å². The zero-order valence-corrected chi connectivity index (χ0v) is 15.5. The Kier molecular flexibility index (Phi) is 4.99. The lowest BCUT2D eigenvalue weighted by molar-refractivity contribution is -0.168. The zero-order valence-electron chi connectivity index (χ0n) is 15.5.